The van der Waals surface area contributed by atoms with E-state index < -0.39 is 0 Å². The van der Waals surface area contributed by atoms with Gasteiger partial charge >= 0.3 is 0 Å². The number of aryl methyl sites for hydroxylation is 1. The fraction of sp³-hybridized carbons (Fsp3) is 0.400. The van der Waals surface area contributed by atoms with Crippen LogP contribution in [-0.2, 0) is 13.6 Å². The van der Waals surface area contributed by atoms with Crippen LogP contribution in [0.15, 0.2) is 35.6 Å². The highest BCUT2D eigenvalue weighted by Gasteiger charge is 2.03. The smallest absolute Gasteiger partial charge is 0.193 e. The Kier molecular flexibility index (Phi) is 7.30. The zero-order valence-corrected chi connectivity index (χ0v) is 15.5. The van der Waals surface area contributed by atoms with Crippen molar-refractivity contribution in [2.45, 2.75) is 32.7 Å². The molecule has 2 rings (SSSR count). The summed E-state index contributed by atoms with van der Waals surface area (Å²) in [6, 6.07) is 8.28. The highest BCUT2D eigenvalue weighted by atomic mass is 127. The summed E-state index contributed by atoms with van der Waals surface area (Å²) >= 11 is 0. The first-order chi connectivity index (χ1) is 10.1. The minimum atomic E-state index is 0. The molecule has 6 nitrogen and oxygen atoms in total. The average molecular weight is 414 g/mol. The maximum absolute atomic E-state index is 5.88. The van der Waals surface area contributed by atoms with Crippen LogP contribution in [0.2, 0.25) is 0 Å². The lowest BCUT2D eigenvalue weighted by Crippen LogP contribution is -2.22. The first-order valence-electron chi connectivity index (χ1n) is 7.10. The molecule has 1 unspecified atom stereocenters. The number of anilines is 1. The Morgan fingerprint density at radius 3 is 2.59 bits per heavy atom. The molecule has 0 radical (unpaired) electrons. The lowest BCUT2D eigenvalue weighted by molar-refractivity contribution is 0.702. The summed E-state index contributed by atoms with van der Waals surface area (Å²) in [5.41, 5.74) is 8.14. The van der Waals surface area contributed by atoms with E-state index in [0.717, 1.165) is 17.9 Å². The van der Waals surface area contributed by atoms with Crippen LogP contribution in [0.5, 0.6) is 0 Å². The fourth-order valence-electron chi connectivity index (χ4n) is 1.94. The van der Waals surface area contributed by atoms with Crippen molar-refractivity contribution in [2.75, 3.05) is 5.32 Å². The monoisotopic (exact) mass is 414 g/mol. The number of aliphatic imine (C=N–C) groups is 1. The molecule has 22 heavy (non-hydrogen) atoms. The normalized spacial score (nSPS) is 12.6. The van der Waals surface area contributed by atoms with Crippen molar-refractivity contribution in [3.05, 3.63) is 42.0 Å². The van der Waals surface area contributed by atoms with Crippen molar-refractivity contribution < 1.29 is 0 Å². The SMILES string of the molecule is CCC(C)c1ccc(NC(N)=NCc2ncnn2C)cc1.I. The van der Waals surface area contributed by atoms with Gasteiger partial charge in [0.1, 0.15) is 18.7 Å². The molecule has 0 spiro atoms. The van der Waals surface area contributed by atoms with Crippen LogP contribution in [0, 0.1) is 0 Å². The summed E-state index contributed by atoms with van der Waals surface area (Å²) in [6.07, 6.45) is 2.64. The van der Waals surface area contributed by atoms with Gasteiger partial charge in [-0.05, 0) is 30.0 Å². The van der Waals surface area contributed by atoms with Crippen LogP contribution in [0.3, 0.4) is 0 Å². The Labute approximate surface area is 148 Å². The number of benzene rings is 1. The van der Waals surface area contributed by atoms with Crippen LogP contribution in [0.1, 0.15) is 37.6 Å². The van der Waals surface area contributed by atoms with Gasteiger partial charge in [0.05, 0.1) is 0 Å². The maximum atomic E-state index is 5.88. The molecule has 0 saturated carbocycles. The highest BCUT2D eigenvalue weighted by Crippen LogP contribution is 2.20. The third-order valence-corrected chi connectivity index (χ3v) is 3.56. The summed E-state index contributed by atoms with van der Waals surface area (Å²) in [5.74, 6) is 1.71. The molecule has 1 atom stereocenters. The second kappa shape index (κ2) is 8.72. The van der Waals surface area contributed by atoms with Crippen LogP contribution in [-0.4, -0.2) is 20.7 Å². The predicted octanol–water partition coefficient (Wildman–Crippen LogP) is 2.87. The van der Waals surface area contributed by atoms with Crippen molar-refractivity contribution in [1.82, 2.24) is 14.8 Å². The van der Waals surface area contributed by atoms with Gasteiger partial charge in [-0.2, -0.15) is 5.10 Å². The molecule has 3 N–H and O–H groups in total. The van der Waals surface area contributed by atoms with E-state index in [1.54, 1.807) is 4.68 Å². The highest BCUT2D eigenvalue weighted by molar-refractivity contribution is 14.0. The summed E-state index contributed by atoms with van der Waals surface area (Å²) in [4.78, 5) is 8.35. The molecule has 2 aromatic rings. The second-order valence-electron chi connectivity index (χ2n) is 5.06. The molecule has 0 fully saturated rings. The first-order valence-corrected chi connectivity index (χ1v) is 7.10. The standard InChI is InChI=1S/C15H22N6.HI/c1-4-11(2)12-5-7-13(8-6-12)20-15(16)17-9-14-18-10-19-21(14)3;/h5-8,10-11H,4,9H2,1-3H3,(H3,16,17,20);1H. The van der Waals surface area contributed by atoms with E-state index >= 15 is 0 Å². The quantitative estimate of drug-likeness (QED) is 0.448. The number of nitrogens with one attached hydrogen (secondary N) is 1. The largest absolute Gasteiger partial charge is 0.370 e. The Morgan fingerprint density at radius 1 is 1.36 bits per heavy atom. The lowest BCUT2D eigenvalue weighted by atomic mass is 9.99. The lowest BCUT2D eigenvalue weighted by Gasteiger charge is -2.10. The Bertz CT molecular complexity index is 605. The van der Waals surface area contributed by atoms with Crippen molar-refractivity contribution in [3.8, 4) is 0 Å². The molecule has 0 saturated heterocycles. The van der Waals surface area contributed by atoms with Crippen molar-refractivity contribution >= 4 is 35.6 Å². The van der Waals surface area contributed by atoms with Crippen LogP contribution in [0.25, 0.3) is 0 Å². The molecule has 120 valence electrons. The number of halogens is 1. The van der Waals surface area contributed by atoms with E-state index in [0.29, 0.717) is 18.4 Å². The van der Waals surface area contributed by atoms with Gasteiger partial charge in [-0.3, -0.25) is 4.68 Å². The third-order valence-electron chi connectivity index (χ3n) is 3.56. The van der Waals surface area contributed by atoms with E-state index in [9.17, 15) is 0 Å². The Morgan fingerprint density at radius 2 is 2.05 bits per heavy atom. The molecule has 0 aliphatic carbocycles. The summed E-state index contributed by atoms with van der Waals surface area (Å²) in [7, 11) is 1.83. The summed E-state index contributed by atoms with van der Waals surface area (Å²) < 4.78 is 1.68. The molecule has 1 aromatic carbocycles. The number of guanidine groups is 1. The molecule has 0 aliphatic heterocycles. The van der Waals surface area contributed by atoms with Crippen molar-refractivity contribution in [2.24, 2.45) is 17.8 Å². The molecular weight excluding hydrogens is 391 g/mol. The molecule has 0 aliphatic rings. The first kappa shape index (κ1) is 18.4. The van der Waals surface area contributed by atoms with Gasteiger partial charge in [0, 0.05) is 12.7 Å². The van der Waals surface area contributed by atoms with Crippen LogP contribution in [0.4, 0.5) is 5.69 Å². The van der Waals surface area contributed by atoms with Crippen molar-refractivity contribution in [3.63, 3.8) is 0 Å². The predicted molar refractivity (Wildman–Crippen MR) is 101 cm³/mol. The van der Waals surface area contributed by atoms with Crippen molar-refractivity contribution in [1.29, 1.82) is 0 Å². The molecule has 1 heterocycles. The summed E-state index contributed by atoms with van der Waals surface area (Å²) in [5, 5.41) is 7.07. The summed E-state index contributed by atoms with van der Waals surface area (Å²) in [6.45, 7) is 4.81. The molecule has 1 aromatic heterocycles. The van der Waals surface area contributed by atoms with Gasteiger partial charge in [-0.1, -0.05) is 26.0 Å². The van der Waals surface area contributed by atoms with E-state index in [4.69, 9.17) is 5.73 Å². The Balaban J connectivity index is 0.00000242. The number of hydrogen-bond acceptors (Lipinski definition) is 3. The molecule has 0 amide bonds. The van der Waals surface area contributed by atoms with Gasteiger partial charge in [-0.25, -0.2) is 9.98 Å². The van der Waals surface area contributed by atoms with E-state index in [-0.39, 0.29) is 24.0 Å². The van der Waals surface area contributed by atoms with E-state index in [1.165, 1.54) is 11.9 Å². The molecule has 7 heteroatoms. The topological polar surface area (TPSA) is 81.1 Å². The van der Waals surface area contributed by atoms with Gasteiger partial charge < -0.3 is 11.1 Å². The van der Waals surface area contributed by atoms with Crippen LogP contribution >= 0.6 is 24.0 Å². The minimum Gasteiger partial charge on any atom is -0.370 e. The fourth-order valence-corrected chi connectivity index (χ4v) is 1.94. The number of aromatic nitrogens is 3. The number of rotatable bonds is 5. The van der Waals surface area contributed by atoms with E-state index in [2.05, 4.69) is 46.4 Å². The maximum Gasteiger partial charge on any atom is 0.193 e. The number of nitrogens with zero attached hydrogens (tertiary/aromatic N) is 4. The van der Waals surface area contributed by atoms with Gasteiger partial charge in [-0.15, -0.1) is 24.0 Å². The average Bonchev–Trinajstić information content (AvgIpc) is 2.90. The third kappa shape index (κ3) is 4.97. The molecular formula is C15H23IN6. The van der Waals surface area contributed by atoms with Gasteiger partial charge in [0.25, 0.3) is 0 Å². The number of hydrogen-bond donors (Lipinski definition) is 2. The van der Waals surface area contributed by atoms with Gasteiger partial charge in [0.2, 0.25) is 0 Å². The van der Waals surface area contributed by atoms with E-state index in [1.807, 2.05) is 19.2 Å². The molecule has 0 bridgehead atoms. The zero-order valence-electron chi connectivity index (χ0n) is 13.2. The second-order valence-corrected chi connectivity index (χ2v) is 5.06. The number of nitrogens with two attached hydrogens (primary N) is 1. The van der Waals surface area contributed by atoms with Gasteiger partial charge in [0.15, 0.2) is 5.96 Å². The van der Waals surface area contributed by atoms with Crippen LogP contribution < -0.4 is 11.1 Å². The zero-order chi connectivity index (χ0) is 15.2. The minimum absolute atomic E-state index is 0. The Hall–Kier alpha value is -1.64.